The van der Waals surface area contributed by atoms with Crippen LogP contribution in [-0.4, -0.2) is 22.6 Å². The van der Waals surface area contributed by atoms with Gasteiger partial charge in [-0.2, -0.15) is 0 Å². The number of carboxylic acids is 1. The van der Waals surface area contributed by atoms with Crippen LogP contribution in [0.5, 0.6) is 0 Å². The Bertz CT molecular complexity index is 869. The molecule has 1 aromatic carbocycles. The fourth-order valence-electron chi connectivity index (χ4n) is 2.95. The maximum absolute atomic E-state index is 11.0. The number of carboxylic acid groups (broad SMARTS) is 1. The molecule has 4 nitrogen and oxygen atoms in total. The predicted molar refractivity (Wildman–Crippen MR) is 103 cm³/mol. The van der Waals surface area contributed by atoms with Crippen molar-refractivity contribution in [3.8, 4) is 10.6 Å². The van der Waals surface area contributed by atoms with Crippen molar-refractivity contribution in [3.63, 3.8) is 0 Å². The number of H-pyrrole nitrogens is 1. The van der Waals surface area contributed by atoms with Crippen molar-refractivity contribution in [3.05, 3.63) is 45.2 Å². The Morgan fingerprint density at radius 3 is 2.79 bits per heavy atom. The van der Waals surface area contributed by atoms with Crippen molar-refractivity contribution < 1.29 is 9.90 Å². The molecule has 0 atom stereocenters. The van der Waals surface area contributed by atoms with E-state index in [-0.39, 0.29) is 6.42 Å². The van der Waals surface area contributed by atoms with Crippen molar-refractivity contribution in [2.45, 2.75) is 25.7 Å². The number of aliphatic carboxylic acids is 1. The summed E-state index contributed by atoms with van der Waals surface area (Å²) in [6, 6.07) is 7.91. The highest BCUT2D eigenvalue weighted by molar-refractivity contribution is 9.10. The first-order chi connectivity index (χ1) is 11.6. The average Bonchev–Trinajstić information content (AvgIpc) is 3.10. The third-order valence-corrected chi connectivity index (χ3v) is 5.91. The normalized spacial score (nSPS) is 11.2. The van der Waals surface area contributed by atoms with Crippen LogP contribution >= 0.6 is 27.3 Å². The van der Waals surface area contributed by atoms with Crippen molar-refractivity contribution in [1.82, 2.24) is 4.98 Å². The number of aromatic nitrogens is 1. The number of carbonyl (C=O) groups is 1. The number of benzene rings is 1. The number of nitrogens with two attached hydrogens (primary N) is 1. The summed E-state index contributed by atoms with van der Waals surface area (Å²) >= 11 is 5.31. The molecule has 0 saturated carbocycles. The minimum Gasteiger partial charge on any atom is -0.481 e. The topological polar surface area (TPSA) is 79.1 Å². The number of thiophene rings is 1. The second-order valence-corrected chi connectivity index (χ2v) is 7.54. The van der Waals surface area contributed by atoms with Gasteiger partial charge in [0.2, 0.25) is 0 Å². The van der Waals surface area contributed by atoms with E-state index in [1.54, 1.807) is 11.3 Å². The van der Waals surface area contributed by atoms with Gasteiger partial charge in [0.05, 0.1) is 17.0 Å². The van der Waals surface area contributed by atoms with Gasteiger partial charge >= 0.3 is 5.97 Å². The van der Waals surface area contributed by atoms with E-state index in [1.807, 2.05) is 24.3 Å². The minimum absolute atomic E-state index is 0.0430. The van der Waals surface area contributed by atoms with E-state index < -0.39 is 5.97 Å². The zero-order chi connectivity index (χ0) is 17.1. The van der Waals surface area contributed by atoms with E-state index in [1.165, 1.54) is 10.4 Å². The number of rotatable bonds is 7. The number of aromatic amines is 1. The molecule has 4 N–H and O–H groups in total. The largest absolute Gasteiger partial charge is 0.481 e. The van der Waals surface area contributed by atoms with E-state index in [2.05, 4.69) is 26.3 Å². The maximum Gasteiger partial charge on any atom is 0.307 e. The highest BCUT2D eigenvalue weighted by Gasteiger charge is 2.16. The molecule has 0 spiro atoms. The second kappa shape index (κ2) is 7.51. The maximum atomic E-state index is 11.0. The lowest BCUT2D eigenvalue weighted by Crippen LogP contribution is -2.00. The summed E-state index contributed by atoms with van der Waals surface area (Å²) in [7, 11) is 0. The van der Waals surface area contributed by atoms with E-state index in [0.29, 0.717) is 6.54 Å². The Morgan fingerprint density at radius 2 is 2.12 bits per heavy atom. The van der Waals surface area contributed by atoms with Gasteiger partial charge in [0.1, 0.15) is 0 Å². The SMILES string of the molecule is NCCCCc1c(-c2sccc2Br)[nH]c2ccc(CC(=O)O)cc12. The van der Waals surface area contributed by atoms with Crippen LogP contribution in [0.25, 0.3) is 21.5 Å². The van der Waals surface area contributed by atoms with Gasteiger partial charge in [0.25, 0.3) is 0 Å². The van der Waals surface area contributed by atoms with Crippen molar-refractivity contribution in [2.24, 2.45) is 5.73 Å². The Hall–Kier alpha value is -1.63. The van der Waals surface area contributed by atoms with Crippen LogP contribution in [-0.2, 0) is 17.6 Å². The highest BCUT2D eigenvalue weighted by Crippen LogP contribution is 2.39. The summed E-state index contributed by atoms with van der Waals surface area (Å²) in [6.07, 6.45) is 2.96. The molecule has 126 valence electrons. The standard InChI is InChI=1S/C18H19BrN2O2S/c19-14-6-8-24-18(14)17-12(3-1-2-7-20)13-9-11(10-16(22)23)4-5-15(13)21-17/h4-6,8-9,21H,1-3,7,10,20H2,(H,22,23). The number of unbranched alkanes of at least 4 members (excludes halogenated alkanes) is 1. The summed E-state index contributed by atoms with van der Waals surface area (Å²) in [4.78, 5) is 15.7. The molecule has 0 aliphatic carbocycles. The molecule has 0 fully saturated rings. The van der Waals surface area contributed by atoms with Gasteiger partial charge in [0, 0.05) is 15.4 Å². The molecule has 0 aliphatic rings. The predicted octanol–water partition coefficient (Wildman–Crippen LogP) is 4.57. The first-order valence-corrected chi connectivity index (χ1v) is 9.56. The molecule has 3 aromatic rings. The molecule has 6 heteroatoms. The Balaban J connectivity index is 2.10. The Morgan fingerprint density at radius 1 is 1.29 bits per heavy atom. The van der Waals surface area contributed by atoms with Crippen molar-refractivity contribution in [1.29, 1.82) is 0 Å². The third-order valence-electron chi connectivity index (χ3n) is 4.05. The van der Waals surface area contributed by atoms with Crippen LogP contribution in [0.2, 0.25) is 0 Å². The van der Waals surface area contributed by atoms with Gasteiger partial charge in [-0.25, -0.2) is 0 Å². The van der Waals surface area contributed by atoms with E-state index in [9.17, 15) is 4.79 Å². The molecule has 2 aromatic heterocycles. The summed E-state index contributed by atoms with van der Waals surface area (Å²) < 4.78 is 1.07. The molecule has 0 aliphatic heterocycles. The van der Waals surface area contributed by atoms with Gasteiger partial charge in [-0.15, -0.1) is 11.3 Å². The lowest BCUT2D eigenvalue weighted by molar-refractivity contribution is -0.136. The van der Waals surface area contributed by atoms with Crippen LogP contribution < -0.4 is 5.73 Å². The molecular formula is C18H19BrN2O2S. The number of hydrogen-bond donors (Lipinski definition) is 3. The van der Waals surface area contributed by atoms with E-state index >= 15 is 0 Å². The summed E-state index contributed by atoms with van der Waals surface area (Å²) in [5, 5.41) is 12.2. The highest BCUT2D eigenvalue weighted by atomic mass is 79.9. The van der Waals surface area contributed by atoms with Crippen LogP contribution in [0.4, 0.5) is 0 Å². The first-order valence-electron chi connectivity index (χ1n) is 7.89. The molecule has 3 rings (SSSR count). The van der Waals surface area contributed by atoms with Crippen molar-refractivity contribution in [2.75, 3.05) is 6.54 Å². The number of fused-ring (bicyclic) bond motifs is 1. The Kier molecular flexibility index (Phi) is 5.38. The number of aryl methyl sites for hydroxylation is 1. The van der Waals surface area contributed by atoms with E-state index in [0.717, 1.165) is 45.9 Å². The second-order valence-electron chi connectivity index (χ2n) is 5.77. The number of nitrogens with one attached hydrogen (secondary N) is 1. The molecule has 0 bridgehead atoms. The summed E-state index contributed by atoms with van der Waals surface area (Å²) in [5.41, 5.74) is 9.87. The molecule has 0 saturated heterocycles. The zero-order valence-electron chi connectivity index (χ0n) is 13.1. The smallest absolute Gasteiger partial charge is 0.307 e. The van der Waals surface area contributed by atoms with Gasteiger partial charge in [-0.05, 0) is 76.4 Å². The van der Waals surface area contributed by atoms with Gasteiger partial charge in [0.15, 0.2) is 0 Å². The van der Waals surface area contributed by atoms with E-state index in [4.69, 9.17) is 10.8 Å². The van der Waals surface area contributed by atoms with Crippen LogP contribution in [0.3, 0.4) is 0 Å². The van der Waals surface area contributed by atoms with Gasteiger partial charge < -0.3 is 15.8 Å². The molecule has 0 unspecified atom stereocenters. The average molecular weight is 407 g/mol. The molecule has 0 radical (unpaired) electrons. The molecule has 0 amide bonds. The van der Waals surface area contributed by atoms with Gasteiger partial charge in [-0.3, -0.25) is 4.79 Å². The monoisotopic (exact) mass is 406 g/mol. The van der Waals surface area contributed by atoms with Crippen LogP contribution in [0, 0.1) is 0 Å². The van der Waals surface area contributed by atoms with Crippen molar-refractivity contribution >= 4 is 44.1 Å². The van der Waals surface area contributed by atoms with Crippen LogP contribution in [0.15, 0.2) is 34.1 Å². The fourth-order valence-corrected chi connectivity index (χ4v) is 4.55. The third kappa shape index (κ3) is 3.55. The zero-order valence-corrected chi connectivity index (χ0v) is 15.5. The molecular weight excluding hydrogens is 388 g/mol. The molecule has 2 heterocycles. The molecule has 24 heavy (non-hydrogen) atoms. The number of hydrogen-bond acceptors (Lipinski definition) is 3. The lowest BCUT2D eigenvalue weighted by Gasteiger charge is -2.05. The summed E-state index contributed by atoms with van der Waals surface area (Å²) in [6.45, 7) is 0.685. The lowest BCUT2D eigenvalue weighted by atomic mass is 10.0. The quantitative estimate of drug-likeness (QED) is 0.502. The summed E-state index contributed by atoms with van der Waals surface area (Å²) in [5.74, 6) is -0.809. The fraction of sp³-hybridized carbons (Fsp3) is 0.278. The van der Waals surface area contributed by atoms with Gasteiger partial charge in [-0.1, -0.05) is 6.07 Å². The number of halogens is 1. The first kappa shape index (κ1) is 17.2. The van der Waals surface area contributed by atoms with Crippen LogP contribution in [0.1, 0.15) is 24.0 Å². The minimum atomic E-state index is -0.809. The Labute approximate surface area is 152 Å².